The fourth-order valence-corrected chi connectivity index (χ4v) is 4.36. The molecule has 3 heteroatoms. The van der Waals surface area contributed by atoms with Gasteiger partial charge in [0, 0.05) is 10.3 Å². The Balaban J connectivity index is 2.01. The van der Waals surface area contributed by atoms with Crippen molar-refractivity contribution in [1.29, 1.82) is 0 Å². The summed E-state index contributed by atoms with van der Waals surface area (Å²) in [4.78, 5) is 12.4. The second kappa shape index (κ2) is 2.60. The van der Waals surface area contributed by atoms with Gasteiger partial charge in [-0.05, 0) is 36.6 Å². The van der Waals surface area contributed by atoms with Crippen LogP contribution in [0.2, 0.25) is 0 Å². The molecule has 1 heterocycles. The zero-order chi connectivity index (χ0) is 9.76. The zero-order valence-electron chi connectivity index (χ0n) is 7.77. The van der Waals surface area contributed by atoms with Crippen molar-refractivity contribution >= 4 is 17.3 Å². The first-order valence-corrected chi connectivity index (χ1v) is 5.89. The van der Waals surface area contributed by atoms with Gasteiger partial charge in [-0.2, -0.15) is 0 Å². The van der Waals surface area contributed by atoms with Crippen LogP contribution < -0.4 is 0 Å². The number of carboxylic acids is 1. The average Bonchev–Trinajstić information content (AvgIpc) is 2.77. The summed E-state index contributed by atoms with van der Waals surface area (Å²) < 4.78 is 0. The highest BCUT2D eigenvalue weighted by molar-refractivity contribution is 7.10. The predicted octanol–water partition coefficient (Wildman–Crippen LogP) is 2.50. The van der Waals surface area contributed by atoms with Gasteiger partial charge in [-0.15, -0.1) is 11.3 Å². The van der Waals surface area contributed by atoms with Crippen LogP contribution in [-0.4, -0.2) is 11.1 Å². The molecule has 0 aromatic carbocycles. The number of rotatable bonds is 2. The molecule has 3 aliphatic rings. The number of thiophene rings is 1. The Kier molecular flexibility index (Phi) is 1.57. The molecule has 4 rings (SSSR count). The van der Waals surface area contributed by atoms with E-state index in [1.165, 1.54) is 4.88 Å². The van der Waals surface area contributed by atoms with Crippen LogP contribution in [-0.2, 0) is 10.2 Å². The summed E-state index contributed by atoms with van der Waals surface area (Å²) in [5.41, 5.74) is 0.0185. The van der Waals surface area contributed by atoms with Crippen molar-refractivity contribution in [3.63, 3.8) is 0 Å². The molecule has 0 saturated heterocycles. The Hall–Kier alpha value is -0.830. The molecular formula is C11H12O2S. The van der Waals surface area contributed by atoms with Crippen molar-refractivity contribution in [2.75, 3.05) is 0 Å². The van der Waals surface area contributed by atoms with E-state index in [2.05, 4.69) is 11.4 Å². The molecule has 2 bridgehead atoms. The van der Waals surface area contributed by atoms with Gasteiger partial charge < -0.3 is 5.11 Å². The molecule has 0 aliphatic heterocycles. The summed E-state index contributed by atoms with van der Waals surface area (Å²) in [6.45, 7) is 0. The SMILES string of the molecule is O=C(O)[C@@H]1[C@@H]2CC[C@@]1(c1cccs1)C2. The minimum Gasteiger partial charge on any atom is -0.481 e. The number of fused-ring (bicyclic) bond motifs is 1. The molecule has 74 valence electrons. The molecular weight excluding hydrogens is 196 g/mol. The van der Waals surface area contributed by atoms with E-state index in [9.17, 15) is 9.90 Å². The average molecular weight is 208 g/mol. The minimum absolute atomic E-state index is 0.0185. The highest BCUT2D eigenvalue weighted by Gasteiger charge is 2.63. The molecule has 3 aliphatic carbocycles. The number of hydrogen-bond acceptors (Lipinski definition) is 2. The van der Waals surface area contributed by atoms with Gasteiger partial charge in [0.05, 0.1) is 5.92 Å². The Bertz CT molecular complexity index is 367. The van der Waals surface area contributed by atoms with Crippen molar-refractivity contribution in [3.8, 4) is 0 Å². The zero-order valence-corrected chi connectivity index (χ0v) is 8.59. The lowest BCUT2D eigenvalue weighted by Gasteiger charge is -2.44. The largest absolute Gasteiger partial charge is 0.481 e. The normalized spacial score (nSPS) is 39.4. The van der Waals surface area contributed by atoms with Crippen LogP contribution in [0.5, 0.6) is 0 Å². The molecule has 0 amide bonds. The summed E-state index contributed by atoms with van der Waals surface area (Å²) in [5, 5.41) is 11.2. The van der Waals surface area contributed by atoms with Crippen LogP contribution in [0.3, 0.4) is 0 Å². The fraction of sp³-hybridized carbons (Fsp3) is 0.545. The van der Waals surface area contributed by atoms with Crippen LogP contribution >= 0.6 is 11.3 Å². The van der Waals surface area contributed by atoms with Gasteiger partial charge in [0.1, 0.15) is 0 Å². The summed E-state index contributed by atoms with van der Waals surface area (Å²) in [7, 11) is 0. The van der Waals surface area contributed by atoms with E-state index >= 15 is 0 Å². The van der Waals surface area contributed by atoms with E-state index in [1.54, 1.807) is 11.3 Å². The van der Waals surface area contributed by atoms with Crippen molar-refractivity contribution in [3.05, 3.63) is 22.4 Å². The lowest BCUT2D eigenvalue weighted by atomic mass is 9.59. The lowest BCUT2D eigenvalue weighted by Crippen LogP contribution is -2.47. The van der Waals surface area contributed by atoms with Crippen molar-refractivity contribution in [2.45, 2.75) is 24.7 Å². The lowest BCUT2D eigenvalue weighted by molar-refractivity contribution is -0.150. The number of hydrogen-bond donors (Lipinski definition) is 1. The molecule has 3 fully saturated rings. The number of carboxylic acid groups (broad SMARTS) is 1. The van der Waals surface area contributed by atoms with E-state index < -0.39 is 5.97 Å². The molecule has 1 N–H and O–H groups in total. The van der Waals surface area contributed by atoms with Gasteiger partial charge in [0.2, 0.25) is 0 Å². The monoisotopic (exact) mass is 208 g/mol. The third-order valence-electron chi connectivity index (χ3n) is 3.93. The van der Waals surface area contributed by atoms with Gasteiger partial charge in [-0.1, -0.05) is 6.07 Å². The first kappa shape index (κ1) is 8.48. The second-order valence-electron chi connectivity index (χ2n) is 4.45. The maximum Gasteiger partial charge on any atom is 0.307 e. The fourth-order valence-electron chi connectivity index (χ4n) is 3.35. The first-order chi connectivity index (χ1) is 6.74. The van der Waals surface area contributed by atoms with E-state index in [1.807, 2.05) is 6.07 Å². The molecule has 1 aromatic heterocycles. The molecule has 0 unspecified atom stereocenters. The summed E-state index contributed by atoms with van der Waals surface area (Å²) in [5.74, 6) is -0.233. The molecule has 0 spiro atoms. The van der Waals surface area contributed by atoms with Crippen LogP contribution in [0.4, 0.5) is 0 Å². The van der Waals surface area contributed by atoms with Crippen molar-refractivity contribution in [1.82, 2.24) is 0 Å². The van der Waals surface area contributed by atoms with Crippen LogP contribution in [0.25, 0.3) is 0 Å². The summed E-state index contributed by atoms with van der Waals surface area (Å²) in [6.07, 6.45) is 3.29. The van der Waals surface area contributed by atoms with Crippen LogP contribution in [0, 0.1) is 11.8 Å². The Morgan fingerprint density at radius 2 is 2.50 bits per heavy atom. The molecule has 14 heavy (non-hydrogen) atoms. The Morgan fingerprint density at radius 1 is 1.64 bits per heavy atom. The van der Waals surface area contributed by atoms with E-state index in [0.29, 0.717) is 5.92 Å². The first-order valence-electron chi connectivity index (χ1n) is 5.01. The van der Waals surface area contributed by atoms with Crippen LogP contribution in [0.15, 0.2) is 17.5 Å². The van der Waals surface area contributed by atoms with Gasteiger partial charge in [-0.3, -0.25) is 4.79 Å². The van der Waals surface area contributed by atoms with E-state index in [-0.39, 0.29) is 11.3 Å². The molecule has 2 nitrogen and oxygen atoms in total. The van der Waals surface area contributed by atoms with Gasteiger partial charge in [-0.25, -0.2) is 0 Å². The highest BCUT2D eigenvalue weighted by Crippen LogP contribution is 2.64. The molecule has 0 radical (unpaired) electrons. The number of aliphatic carboxylic acids is 1. The third kappa shape index (κ3) is 0.836. The topological polar surface area (TPSA) is 37.3 Å². The second-order valence-corrected chi connectivity index (χ2v) is 5.40. The van der Waals surface area contributed by atoms with Crippen LogP contribution in [0.1, 0.15) is 24.1 Å². The van der Waals surface area contributed by atoms with Crippen molar-refractivity contribution < 1.29 is 9.90 Å². The van der Waals surface area contributed by atoms with E-state index in [4.69, 9.17) is 0 Å². The van der Waals surface area contributed by atoms with Gasteiger partial charge in [0.15, 0.2) is 0 Å². The maximum absolute atomic E-state index is 11.1. The highest BCUT2D eigenvalue weighted by atomic mass is 32.1. The third-order valence-corrected chi connectivity index (χ3v) is 5.02. The smallest absolute Gasteiger partial charge is 0.307 e. The minimum atomic E-state index is -0.591. The molecule has 1 aromatic rings. The Morgan fingerprint density at radius 3 is 3.07 bits per heavy atom. The quantitative estimate of drug-likeness (QED) is 0.810. The van der Waals surface area contributed by atoms with E-state index in [0.717, 1.165) is 19.3 Å². The van der Waals surface area contributed by atoms with Gasteiger partial charge >= 0.3 is 5.97 Å². The summed E-state index contributed by atoms with van der Waals surface area (Å²) >= 11 is 1.71. The van der Waals surface area contributed by atoms with Gasteiger partial charge in [0.25, 0.3) is 0 Å². The molecule has 3 atom stereocenters. The Labute approximate surface area is 86.6 Å². The standard InChI is InChI=1S/C11H12O2S/c12-10(13)9-7-3-4-11(9,6-7)8-2-1-5-14-8/h1-2,5,7,9H,3-4,6H2,(H,12,13)/t7-,9+,11+/m1/s1. The predicted molar refractivity (Wildman–Crippen MR) is 54.5 cm³/mol. The summed E-state index contributed by atoms with van der Waals surface area (Å²) in [6, 6.07) is 4.13. The van der Waals surface area contributed by atoms with Crippen molar-refractivity contribution in [2.24, 2.45) is 11.8 Å². The number of carbonyl (C=O) groups is 1. The molecule has 3 saturated carbocycles. The maximum atomic E-state index is 11.1.